The fourth-order valence-electron chi connectivity index (χ4n) is 4.14. The first kappa shape index (κ1) is 26.4. The van der Waals surface area contributed by atoms with E-state index in [0.717, 1.165) is 30.1 Å². The first-order valence-electron chi connectivity index (χ1n) is 12.5. The molecule has 0 unspecified atom stereocenters. The number of methoxy groups -OCH3 is 2. The van der Waals surface area contributed by atoms with Gasteiger partial charge in [-0.3, -0.25) is 0 Å². The molecular formula is C31H27FN4O4. The number of rotatable bonds is 9. The summed E-state index contributed by atoms with van der Waals surface area (Å²) in [6, 6.07) is 24.2. The molecular weight excluding hydrogens is 511 g/mol. The SMILES string of the molecule is COC(=O)/C(F)=C/c1cccc(Nc2nn(Cc3ccc(OC)cc3)c3nccc(Oc4ccc(C)cc4)c23)c1. The summed E-state index contributed by atoms with van der Waals surface area (Å²) >= 11 is 0. The van der Waals surface area contributed by atoms with Crippen molar-refractivity contribution >= 4 is 34.6 Å². The third kappa shape index (κ3) is 5.94. The molecule has 40 heavy (non-hydrogen) atoms. The van der Waals surface area contributed by atoms with Crippen molar-refractivity contribution in [1.29, 1.82) is 0 Å². The molecule has 1 N–H and O–H groups in total. The second-order valence-electron chi connectivity index (χ2n) is 9.01. The summed E-state index contributed by atoms with van der Waals surface area (Å²) in [5.74, 6) is 0.495. The first-order valence-corrected chi connectivity index (χ1v) is 12.5. The molecule has 0 fully saturated rings. The predicted octanol–water partition coefficient (Wildman–Crippen LogP) is 6.82. The summed E-state index contributed by atoms with van der Waals surface area (Å²) in [5.41, 5.74) is 3.86. The lowest BCUT2D eigenvalue weighted by molar-refractivity contribution is -0.137. The second-order valence-corrected chi connectivity index (χ2v) is 9.01. The quantitative estimate of drug-likeness (QED) is 0.163. The van der Waals surface area contributed by atoms with Crippen molar-refractivity contribution in [3.8, 4) is 17.2 Å². The van der Waals surface area contributed by atoms with Crippen molar-refractivity contribution in [2.75, 3.05) is 19.5 Å². The topological polar surface area (TPSA) is 87.5 Å². The van der Waals surface area contributed by atoms with Crippen molar-refractivity contribution in [3.05, 3.63) is 108 Å². The summed E-state index contributed by atoms with van der Waals surface area (Å²) in [5, 5.41) is 8.84. The van der Waals surface area contributed by atoms with Gasteiger partial charge in [-0.05, 0) is 60.5 Å². The van der Waals surface area contributed by atoms with Gasteiger partial charge in [0.25, 0.3) is 0 Å². The van der Waals surface area contributed by atoms with Gasteiger partial charge in [-0.15, -0.1) is 0 Å². The molecule has 0 radical (unpaired) electrons. The molecule has 0 amide bonds. The fourth-order valence-corrected chi connectivity index (χ4v) is 4.14. The van der Waals surface area contributed by atoms with Gasteiger partial charge in [-0.1, -0.05) is 42.0 Å². The summed E-state index contributed by atoms with van der Waals surface area (Å²) in [6.45, 7) is 2.47. The van der Waals surface area contributed by atoms with E-state index in [2.05, 4.69) is 15.0 Å². The van der Waals surface area contributed by atoms with Crippen molar-refractivity contribution in [2.45, 2.75) is 13.5 Å². The number of hydrogen-bond acceptors (Lipinski definition) is 7. The van der Waals surface area contributed by atoms with Crippen LogP contribution in [0.1, 0.15) is 16.7 Å². The van der Waals surface area contributed by atoms with E-state index >= 15 is 0 Å². The van der Waals surface area contributed by atoms with Crippen LogP contribution in [0, 0.1) is 6.92 Å². The van der Waals surface area contributed by atoms with Crippen LogP contribution in [-0.4, -0.2) is 35.0 Å². The van der Waals surface area contributed by atoms with Crippen LogP contribution in [0.3, 0.4) is 0 Å². The van der Waals surface area contributed by atoms with Gasteiger partial charge in [0, 0.05) is 18.0 Å². The minimum atomic E-state index is -1.04. The number of ether oxygens (including phenoxy) is 3. The molecule has 2 aromatic heterocycles. The molecule has 0 saturated heterocycles. The van der Waals surface area contributed by atoms with Gasteiger partial charge in [0.05, 0.1) is 20.8 Å². The average molecular weight is 539 g/mol. The summed E-state index contributed by atoms with van der Waals surface area (Å²) in [6.07, 6.45) is 2.80. The van der Waals surface area contributed by atoms with Gasteiger partial charge in [-0.2, -0.15) is 9.49 Å². The maximum atomic E-state index is 14.1. The van der Waals surface area contributed by atoms with Crippen LogP contribution >= 0.6 is 0 Å². The minimum absolute atomic E-state index is 0.455. The Labute approximate surface area is 230 Å². The highest BCUT2D eigenvalue weighted by Crippen LogP contribution is 2.36. The Bertz CT molecular complexity index is 1680. The maximum Gasteiger partial charge on any atom is 0.366 e. The van der Waals surface area contributed by atoms with Crippen LogP contribution in [0.15, 0.2) is 90.9 Å². The molecule has 0 saturated carbocycles. The number of esters is 1. The Morgan fingerprint density at radius 3 is 2.48 bits per heavy atom. The normalized spacial score (nSPS) is 11.3. The number of fused-ring (bicyclic) bond motifs is 1. The number of nitrogens with zero attached hydrogens (tertiary/aromatic N) is 3. The van der Waals surface area contributed by atoms with Crippen LogP contribution in [-0.2, 0) is 16.1 Å². The minimum Gasteiger partial charge on any atom is -0.497 e. The Kier molecular flexibility index (Phi) is 7.72. The third-order valence-corrected chi connectivity index (χ3v) is 6.16. The molecule has 0 aliphatic heterocycles. The van der Waals surface area contributed by atoms with E-state index in [1.807, 2.05) is 61.5 Å². The predicted molar refractivity (Wildman–Crippen MR) is 152 cm³/mol. The molecule has 9 heteroatoms. The zero-order valence-electron chi connectivity index (χ0n) is 22.2. The zero-order chi connectivity index (χ0) is 28.1. The number of halogens is 1. The van der Waals surface area contributed by atoms with E-state index in [-0.39, 0.29) is 0 Å². The van der Waals surface area contributed by atoms with E-state index in [1.54, 1.807) is 42.3 Å². The number of carbonyl (C=O) groups excluding carboxylic acids is 1. The number of aromatic nitrogens is 3. The monoisotopic (exact) mass is 538 g/mol. The molecule has 8 nitrogen and oxygen atoms in total. The van der Waals surface area contributed by atoms with Crippen molar-refractivity contribution in [1.82, 2.24) is 14.8 Å². The van der Waals surface area contributed by atoms with Crippen LogP contribution in [0.2, 0.25) is 0 Å². The lowest BCUT2D eigenvalue weighted by Crippen LogP contribution is -2.03. The maximum absolute atomic E-state index is 14.1. The smallest absolute Gasteiger partial charge is 0.366 e. The van der Waals surface area contributed by atoms with E-state index in [9.17, 15) is 9.18 Å². The standard InChI is InChI=1S/C31H27FN4O4/c1-20-7-11-25(12-8-20)40-27-15-16-33-30-28(27)29(35-36(30)19-21-9-13-24(38-2)14-10-21)34-23-6-4-5-22(17-23)18-26(32)31(37)39-3/h4-18H,19H2,1-3H3,(H,34,35)/b26-18-. The third-order valence-electron chi connectivity index (χ3n) is 6.16. The number of hydrogen-bond donors (Lipinski definition) is 1. The Morgan fingerprint density at radius 2 is 1.75 bits per heavy atom. The second kappa shape index (κ2) is 11.7. The van der Waals surface area contributed by atoms with Crippen LogP contribution in [0.4, 0.5) is 15.9 Å². The number of anilines is 2. The van der Waals surface area contributed by atoms with Crippen molar-refractivity contribution in [2.24, 2.45) is 0 Å². The van der Waals surface area contributed by atoms with Crippen LogP contribution < -0.4 is 14.8 Å². The fraction of sp³-hybridized carbons (Fsp3) is 0.129. The Morgan fingerprint density at radius 1 is 1.00 bits per heavy atom. The van der Waals surface area contributed by atoms with E-state index in [4.69, 9.17) is 14.6 Å². The number of carbonyl (C=O) groups is 1. The van der Waals surface area contributed by atoms with Gasteiger partial charge in [0.1, 0.15) is 22.6 Å². The van der Waals surface area contributed by atoms with Crippen molar-refractivity contribution < 1.29 is 23.4 Å². The molecule has 0 aliphatic carbocycles. The summed E-state index contributed by atoms with van der Waals surface area (Å²) in [7, 11) is 2.76. The zero-order valence-corrected chi connectivity index (χ0v) is 22.2. The van der Waals surface area contributed by atoms with E-state index in [1.165, 1.54) is 0 Å². The summed E-state index contributed by atoms with van der Waals surface area (Å²) in [4.78, 5) is 16.1. The highest BCUT2D eigenvalue weighted by Gasteiger charge is 2.18. The van der Waals surface area contributed by atoms with Crippen molar-refractivity contribution in [3.63, 3.8) is 0 Å². The summed E-state index contributed by atoms with van der Waals surface area (Å²) < 4.78 is 31.9. The number of nitrogens with one attached hydrogen (secondary N) is 1. The van der Waals surface area contributed by atoms with Gasteiger partial charge in [0.2, 0.25) is 5.83 Å². The average Bonchev–Trinajstić information content (AvgIpc) is 3.31. The van der Waals surface area contributed by atoms with Gasteiger partial charge < -0.3 is 19.5 Å². The molecule has 2 heterocycles. The molecule has 3 aromatic carbocycles. The lowest BCUT2D eigenvalue weighted by atomic mass is 10.1. The van der Waals surface area contributed by atoms with Crippen LogP contribution in [0.5, 0.6) is 17.2 Å². The molecule has 0 aliphatic rings. The molecule has 0 spiro atoms. The number of pyridine rings is 1. The molecule has 5 rings (SSSR count). The highest BCUT2D eigenvalue weighted by molar-refractivity contribution is 5.95. The van der Waals surface area contributed by atoms with E-state index in [0.29, 0.717) is 46.1 Å². The first-order chi connectivity index (χ1) is 19.4. The van der Waals surface area contributed by atoms with Gasteiger partial charge >= 0.3 is 5.97 Å². The Balaban J connectivity index is 1.55. The van der Waals surface area contributed by atoms with Gasteiger partial charge in [0.15, 0.2) is 11.5 Å². The molecule has 202 valence electrons. The number of benzene rings is 3. The largest absolute Gasteiger partial charge is 0.497 e. The van der Waals surface area contributed by atoms with E-state index < -0.39 is 11.8 Å². The number of aryl methyl sites for hydroxylation is 1. The van der Waals surface area contributed by atoms with Crippen LogP contribution in [0.25, 0.3) is 17.1 Å². The molecule has 5 aromatic rings. The lowest BCUT2D eigenvalue weighted by Gasteiger charge is -2.09. The van der Waals surface area contributed by atoms with Gasteiger partial charge in [-0.25, -0.2) is 14.5 Å². The highest BCUT2D eigenvalue weighted by atomic mass is 19.1. The molecule has 0 bridgehead atoms. The molecule has 0 atom stereocenters. The Hall–Kier alpha value is -5.18.